The van der Waals surface area contributed by atoms with E-state index < -0.39 is 0 Å². The van der Waals surface area contributed by atoms with E-state index >= 15 is 0 Å². The van der Waals surface area contributed by atoms with Gasteiger partial charge in [0.05, 0.1) is 0 Å². The van der Waals surface area contributed by atoms with Crippen molar-refractivity contribution in [3.8, 4) is 0 Å². The van der Waals surface area contributed by atoms with Gasteiger partial charge in [-0.05, 0) is 43.7 Å². The molecule has 1 saturated carbocycles. The summed E-state index contributed by atoms with van der Waals surface area (Å²) in [6, 6.07) is 3.81. The molecule has 2 rings (SSSR count). The molecule has 1 heterocycles. The summed E-state index contributed by atoms with van der Waals surface area (Å²) in [5.41, 5.74) is 1.78. The van der Waals surface area contributed by atoms with E-state index in [4.69, 9.17) is 0 Å². The number of aliphatic hydroxyl groups is 1. The van der Waals surface area contributed by atoms with Crippen LogP contribution in [0.1, 0.15) is 41.9 Å². The molecule has 2 unspecified atom stereocenters. The summed E-state index contributed by atoms with van der Waals surface area (Å²) in [5, 5.41) is 12.4. The number of nitrogens with zero attached hydrogens (tertiary/aromatic N) is 1. The predicted molar refractivity (Wildman–Crippen MR) is 75.0 cm³/mol. The Morgan fingerprint density at radius 3 is 2.63 bits per heavy atom. The van der Waals surface area contributed by atoms with Crippen molar-refractivity contribution in [1.29, 1.82) is 0 Å². The number of hydrogen-bond acceptors (Lipinski definition) is 2. The fraction of sp³-hybridized carbons (Fsp3) is 0.667. The minimum absolute atomic E-state index is 0.0159. The Kier molecular flexibility index (Phi) is 4.64. The third-order valence-electron chi connectivity index (χ3n) is 4.43. The molecule has 0 aliphatic heterocycles. The van der Waals surface area contributed by atoms with Gasteiger partial charge >= 0.3 is 0 Å². The molecular weight excluding hydrogens is 240 g/mol. The van der Waals surface area contributed by atoms with Gasteiger partial charge < -0.3 is 15.0 Å². The number of carbonyl (C=O) groups is 1. The van der Waals surface area contributed by atoms with Gasteiger partial charge in [-0.3, -0.25) is 4.79 Å². The summed E-state index contributed by atoms with van der Waals surface area (Å²) in [6.07, 6.45) is 4.60. The van der Waals surface area contributed by atoms with Crippen LogP contribution in [0.5, 0.6) is 0 Å². The molecule has 4 nitrogen and oxygen atoms in total. The van der Waals surface area contributed by atoms with E-state index in [1.165, 1.54) is 12.8 Å². The van der Waals surface area contributed by atoms with Crippen LogP contribution in [0, 0.1) is 18.8 Å². The van der Waals surface area contributed by atoms with Crippen LogP contribution in [0.3, 0.4) is 0 Å². The van der Waals surface area contributed by atoms with Gasteiger partial charge in [0, 0.05) is 25.9 Å². The fourth-order valence-corrected chi connectivity index (χ4v) is 2.95. The van der Waals surface area contributed by atoms with Crippen molar-refractivity contribution in [2.75, 3.05) is 13.2 Å². The van der Waals surface area contributed by atoms with Crippen molar-refractivity contribution in [3.63, 3.8) is 0 Å². The molecule has 1 fully saturated rings. The molecule has 1 aromatic heterocycles. The standard InChI is InChI=1S/C15H24N2O2/c1-11-7-8-14(17(11)2)15(19)16-9-12-5-3-4-6-13(12)10-18/h7-8,12-13,18H,3-6,9-10H2,1-2H3,(H,16,19). The second-order valence-corrected chi connectivity index (χ2v) is 5.62. The van der Waals surface area contributed by atoms with Crippen LogP contribution in [0.15, 0.2) is 12.1 Å². The topological polar surface area (TPSA) is 54.3 Å². The number of aryl methyl sites for hydroxylation is 1. The van der Waals surface area contributed by atoms with Gasteiger partial charge in [0.1, 0.15) is 5.69 Å². The van der Waals surface area contributed by atoms with Crippen LogP contribution in [0.2, 0.25) is 0 Å². The number of aliphatic hydroxyl groups excluding tert-OH is 1. The zero-order chi connectivity index (χ0) is 13.8. The fourth-order valence-electron chi connectivity index (χ4n) is 2.95. The number of amides is 1. The third-order valence-corrected chi connectivity index (χ3v) is 4.43. The van der Waals surface area contributed by atoms with Crippen LogP contribution < -0.4 is 5.32 Å². The van der Waals surface area contributed by atoms with Crippen LogP contribution in [-0.4, -0.2) is 28.7 Å². The Balaban J connectivity index is 1.91. The minimum atomic E-state index is -0.0159. The van der Waals surface area contributed by atoms with Crippen molar-refractivity contribution in [3.05, 3.63) is 23.5 Å². The van der Waals surface area contributed by atoms with E-state index in [1.807, 2.05) is 30.7 Å². The lowest BCUT2D eigenvalue weighted by Crippen LogP contribution is -2.36. The summed E-state index contributed by atoms with van der Waals surface area (Å²) in [6.45, 7) is 2.90. The molecule has 2 N–H and O–H groups in total. The summed E-state index contributed by atoms with van der Waals surface area (Å²) < 4.78 is 1.90. The number of carbonyl (C=O) groups excluding carboxylic acids is 1. The largest absolute Gasteiger partial charge is 0.396 e. The van der Waals surface area contributed by atoms with Gasteiger partial charge in [-0.15, -0.1) is 0 Å². The molecule has 19 heavy (non-hydrogen) atoms. The third kappa shape index (κ3) is 3.18. The first-order valence-electron chi connectivity index (χ1n) is 7.15. The molecule has 4 heteroatoms. The maximum Gasteiger partial charge on any atom is 0.267 e. The Labute approximate surface area is 114 Å². The molecule has 1 aromatic rings. The summed E-state index contributed by atoms with van der Waals surface area (Å²) >= 11 is 0. The molecule has 0 spiro atoms. The summed E-state index contributed by atoms with van der Waals surface area (Å²) in [4.78, 5) is 12.1. The van der Waals surface area contributed by atoms with E-state index in [2.05, 4.69) is 5.32 Å². The second-order valence-electron chi connectivity index (χ2n) is 5.62. The van der Waals surface area contributed by atoms with Crippen molar-refractivity contribution in [2.45, 2.75) is 32.6 Å². The first-order chi connectivity index (χ1) is 9.13. The van der Waals surface area contributed by atoms with Gasteiger partial charge in [-0.2, -0.15) is 0 Å². The highest BCUT2D eigenvalue weighted by Crippen LogP contribution is 2.29. The highest BCUT2D eigenvalue weighted by atomic mass is 16.3. The molecule has 106 valence electrons. The SMILES string of the molecule is Cc1ccc(C(=O)NCC2CCCCC2CO)n1C. The molecule has 2 atom stereocenters. The smallest absolute Gasteiger partial charge is 0.267 e. The van der Waals surface area contributed by atoms with Gasteiger partial charge in [-0.25, -0.2) is 0 Å². The molecule has 0 aromatic carbocycles. The maximum atomic E-state index is 12.1. The van der Waals surface area contributed by atoms with Crippen LogP contribution in [0.4, 0.5) is 0 Å². The average molecular weight is 264 g/mol. The van der Waals surface area contributed by atoms with E-state index in [0.29, 0.717) is 24.1 Å². The average Bonchev–Trinajstić information content (AvgIpc) is 2.77. The Hall–Kier alpha value is -1.29. The predicted octanol–water partition coefficient (Wildman–Crippen LogP) is 1.86. The lowest BCUT2D eigenvalue weighted by Gasteiger charge is -2.30. The van der Waals surface area contributed by atoms with Gasteiger partial charge in [0.25, 0.3) is 5.91 Å². The normalized spacial score (nSPS) is 23.3. The lowest BCUT2D eigenvalue weighted by molar-refractivity contribution is 0.0901. The zero-order valence-corrected chi connectivity index (χ0v) is 11.9. The highest BCUT2D eigenvalue weighted by molar-refractivity contribution is 5.92. The summed E-state index contributed by atoms with van der Waals surface area (Å²) in [5.74, 6) is 0.756. The Morgan fingerprint density at radius 1 is 1.37 bits per heavy atom. The van der Waals surface area contributed by atoms with Crippen LogP contribution in [0.25, 0.3) is 0 Å². The monoisotopic (exact) mass is 264 g/mol. The van der Waals surface area contributed by atoms with Gasteiger partial charge in [0.15, 0.2) is 0 Å². The number of aromatic nitrogens is 1. The Morgan fingerprint density at radius 2 is 2.05 bits per heavy atom. The molecule has 0 bridgehead atoms. The lowest BCUT2D eigenvalue weighted by atomic mass is 9.79. The van der Waals surface area contributed by atoms with E-state index in [-0.39, 0.29) is 12.5 Å². The van der Waals surface area contributed by atoms with Gasteiger partial charge in [-0.1, -0.05) is 12.8 Å². The minimum Gasteiger partial charge on any atom is -0.396 e. The van der Waals surface area contributed by atoms with E-state index in [9.17, 15) is 9.90 Å². The van der Waals surface area contributed by atoms with Crippen molar-refractivity contribution >= 4 is 5.91 Å². The van der Waals surface area contributed by atoms with Crippen LogP contribution in [-0.2, 0) is 7.05 Å². The molecule has 1 aliphatic carbocycles. The van der Waals surface area contributed by atoms with E-state index in [1.54, 1.807) is 0 Å². The molecule has 0 radical (unpaired) electrons. The second kappa shape index (κ2) is 6.24. The van der Waals surface area contributed by atoms with Crippen molar-refractivity contribution in [1.82, 2.24) is 9.88 Å². The number of nitrogens with one attached hydrogen (secondary N) is 1. The first-order valence-corrected chi connectivity index (χ1v) is 7.15. The van der Waals surface area contributed by atoms with Gasteiger partial charge in [0.2, 0.25) is 0 Å². The molecule has 0 saturated heterocycles. The van der Waals surface area contributed by atoms with Crippen LogP contribution >= 0.6 is 0 Å². The zero-order valence-electron chi connectivity index (χ0n) is 11.9. The molecular formula is C15H24N2O2. The molecule has 1 aliphatic rings. The number of rotatable bonds is 4. The Bertz CT molecular complexity index is 439. The van der Waals surface area contributed by atoms with Crippen molar-refractivity contribution in [2.24, 2.45) is 18.9 Å². The summed E-state index contributed by atoms with van der Waals surface area (Å²) in [7, 11) is 1.90. The highest BCUT2D eigenvalue weighted by Gasteiger charge is 2.25. The number of hydrogen-bond donors (Lipinski definition) is 2. The van der Waals surface area contributed by atoms with Crippen molar-refractivity contribution < 1.29 is 9.90 Å². The first kappa shape index (κ1) is 14.1. The quantitative estimate of drug-likeness (QED) is 0.872. The van der Waals surface area contributed by atoms with E-state index in [0.717, 1.165) is 18.5 Å². The maximum absolute atomic E-state index is 12.1. The molecule has 1 amide bonds.